The number of hydrogen-bond acceptors (Lipinski definition) is 4. The van der Waals surface area contributed by atoms with E-state index in [-0.39, 0.29) is 16.6 Å². The second kappa shape index (κ2) is 6.21. The van der Waals surface area contributed by atoms with Crippen molar-refractivity contribution in [2.75, 3.05) is 39.3 Å². The summed E-state index contributed by atoms with van der Waals surface area (Å²) in [4.78, 5) is 17.1. The number of Topliss-reactive ketones (excluding diaryl/α,β-unsaturated/α-hetero) is 1. The minimum Gasteiger partial charge on any atom is -0.374 e. The van der Waals surface area contributed by atoms with Gasteiger partial charge in [-0.15, -0.1) is 0 Å². The Labute approximate surface area is 136 Å². The van der Waals surface area contributed by atoms with Crippen molar-refractivity contribution >= 4 is 5.78 Å². The van der Waals surface area contributed by atoms with E-state index in [2.05, 4.69) is 30.6 Å². The summed E-state index contributed by atoms with van der Waals surface area (Å²) >= 11 is 0. The summed E-state index contributed by atoms with van der Waals surface area (Å²) in [6, 6.07) is 0. The molecule has 22 heavy (non-hydrogen) atoms. The molecule has 0 aromatic heterocycles. The van der Waals surface area contributed by atoms with E-state index in [1.807, 2.05) is 20.8 Å². The smallest absolute Gasteiger partial charge is 0.152 e. The van der Waals surface area contributed by atoms with E-state index in [0.29, 0.717) is 12.3 Å². The van der Waals surface area contributed by atoms with Gasteiger partial charge >= 0.3 is 0 Å². The molecule has 2 aliphatic rings. The average molecular weight is 310 g/mol. The molecule has 1 saturated carbocycles. The third-order valence-corrected chi connectivity index (χ3v) is 4.85. The first-order chi connectivity index (χ1) is 10.0. The minimum absolute atomic E-state index is 0.0590. The molecule has 0 aromatic carbocycles. The van der Waals surface area contributed by atoms with Crippen LogP contribution in [0, 0.1) is 5.41 Å². The summed E-state index contributed by atoms with van der Waals surface area (Å²) in [5.74, 6) is 0.346. The maximum absolute atomic E-state index is 12.2. The Balaban J connectivity index is 1.79. The lowest BCUT2D eigenvalue weighted by Gasteiger charge is -2.40. The number of ketones is 1. The van der Waals surface area contributed by atoms with Crippen LogP contribution in [0.4, 0.5) is 0 Å². The zero-order valence-corrected chi connectivity index (χ0v) is 15.4. The zero-order valence-electron chi connectivity index (χ0n) is 15.4. The van der Waals surface area contributed by atoms with Crippen LogP contribution in [0.25, 0.3) is 0 Å². The highest BCUT2D eigenvalue weighted by molar-refractivity contribution is 5.85. The van der Waals surface area contributed by atoms with E-state index in [1.54, 1.807) is 0 Å². The molecule has 0 aromatic rings. The predicted octanol–water partition coefficient (Wildman–Crippen LogP) is 2.57. The zero-order chi connectivity index (χ0) is 16.6. The summed E-state index contributed by atoms with van der Waals surface area (Å²) < 4.78 is 6.04. The van der Waals surface area contributed by atoms with Crippen molar-refractivity contribution in [1.82, 2.24) is 9.80 Å². The molecule has 0 radical (unpaired) electrons. The van der Waals surface area contributed by atoms with Gasteiger partial charge in [-0.05, 0) is 33.6 Å². The van der Waals surface area contributed by atoms with Crippen LogP contribution < -0.4 is 0 Å². The van der Waals surface area contributed by atoms with Gasteiger partial charge in [0.2, 0.25) is 0 Å². The van der Waals surface area contributed by atoms with E-state index in [1.165, 1.54) is 12.8 Å². The highest BCUT2D eigenvalue weighted by Gasteiger charge is 2.49. The van der Waals surface area contributed by atoms with E-state index in [9.17, 15) is 4.79 Å². The lowest BCUT2D eigenvalue weighted by Crippen LogP contribution is -2.54. The Kier molecular flexibility index (Phi) is 5.06. The molecule has 2 fully saturated rings. The summed E-state index contributed by atoms with van der Waals surface area (Å²) in [7, 11) is 0. The van der Waals surface area contributed by atoms with Crippen LogP contribution in [0.2, 0.25) is 0 Å². The molecule has 128 valence electrons. The molecule has 0 unspecified atom stereocenters. The van der Waals surface area contributed by atoms with Crippen LogP contribution >= 0.6 is 0 Å². The van der Waals surface area contributed by atoms with Crippen molar-refractivity contribution in [3.63, 3.8) is 0 Å². The first kappa shape index (κ1) is 17.9. The Morgan fingerprint density at radius 1 is 1.00 bits per heavy atom. The quantitative estimate of drug-likeness (QED) is 0.781. The number of nitrogens with zero attached hydrogens (tertiary/aromatic N) is 2. The normalized spacial score (nSPS) is 23.5. The van der Waals surface area contributed by atoms with Crippen LogP contribution in [-0.4, -0.2) is 66.1 Å². The topological polar surface area (TPSA) is 32.8 Å². The lowest BCUT2D eigenvalue weighted by atomic mass is 9.90. The molecule has 2 rings (SSSR count). The molecule has 1 aliphatic heterocycles. The molecule has 0 atom stereocenters. The molecular formula is C18H34N2O2. The SMILES string of the molecule is CC(C)(C)OCC1(N2CCN(CC(=O)C(C)(C)C)CC2)CC1. The Morgan fingerprint density at radius 3 is 1.95 bits per heavy atom. The predicted molar refractivity (Wildman–Crippen MR) is 90.1 cm³/mol. The van der Waals surface area contributed by atoms with Crippen molar-refractivity contribution in [2.24, 2.45) is 5.41 Å². The first-order valence-corrected chi connectivity index (χ1v) is 8.67. The van der Waals surface area contributed by atoms with Gasteiger partial charge in [0.1, 0.15) is 0 Å². The van der Waals surface area contributed by atoms with Crippen LogP contribution in [0.15, 0.2) is 0 Å². The van der Waals surface area contributed by atoms with Crippen LogP contribution in [-0.2, 0) is 9.53 Å². The fraction of sp³-hybridized carbons (Fsp3) is 0.944. The minimum atomic E-state index is -0.227. The van der Waals surface area contributed by atoms with Gasteiger partial charge in [0.05, 0.1) is 18.8 Å². The molecular weight excluding hydrogens is 276 g/mol. The highest BCUT2D eigenvalue weighted by atomic mass is 16.5. The van der Waals surface area contributed by atoms with Crippen LogP contribution in [0.1, 0.15) is 54.4 Å². The monoisotopic (exact) mass is 310 g/mol. The average Bonchev–Trinajstić information content (AvgIpc) is 3.16. The third kappa shape index (κ3) is 4.77. The highest BCUT2D eigenvalue weighted by Crippen LogP contribution is 2.43. The molecule has 0 bridgehead atoms. The lowest BCUT2D eigenvalue weighted by molar-refractivity contribution is -0.128. The summed E-state index contributed by atoms with van der Waals surface area (Å²) in [6.45, 7) is 18.0. The van der Waals surface area contributed by atoms with Crippen molar-refractivity contribution < 1.29 is 9.53 Å². The first-order valence-electron chi connectivity index (χ1n) is 8.67. The van der Waals surface area contributed by atoms with Crippen LogP contribution in [0.3, 0.4) is 0 Å². The Morgan fingerprint density at radius 2 is 1.55 bits per heavy atom. The van der Waals surface area contributed by atoms with E-state index >= 15 is 0 Å². The summed E-state index contributed by atoms with van der Waals surface area (Å²) in [6.07, 6.45) is 2.51. The number of hydrogen-bond donors (Lipinski definition) is 0. The van der Waals surface area contributed by atoms with Crippen molar-refractivity contribution in [2.45, 2.75) is 65.5 Å². The molecule has 1 saturated heterocycles. The van der Waals surface area contributed by atoms with Crippen molar-refractivity contribution in [3.8, 4) is 0 Å². The van der Waals surface area contributed by atoms with E-state index in [4.69, 9.17) is 4.74 Å². The molecule has 4 heteroatoms. The second-order valence-electron chi connectivity index (χ2n) is 9.06. The summed E-state index contributed by atoms with van der Waals surface area (Å²) in [5, 5.41) is 0. The molecule has 1 aliphatic carbocycles. The second-order valence-corrected chi connectivity index (χ2v) is 9.06. The number of rotatable bonds is 5. The molecule has 1 heterocycles. The largest absolute Gasteiger partial charge is 0.374 e. The Bertz CT molecular complexity index is 394. The molecule has 0 amide bonds. The fourth-order valence-electron chi connectivity index (χ4n) is 2.87. The third-order valence-electron chi connectivity index (χ3n) is 4.85. The van der Waals surface area contributed by atoms with E-state index in [0.717, 1.165) is 32.8 Å². The van der Waals surface area contributed by atoms with Crippen molar-refractivity contribution in [3.05, 3.63) is 0 Å². The van der Waals surface area contributed by atoms with Gasteiger partial charge in [0, 0.05) is 37.1 Å². The maximum atomic E-state index is 12.2. The molecule has 4 nitrogen and oxygen atoms in total. The number of carbonyl (C=O) groups excluding carboxylic acids is 1. The van der Waals surface area contributed by atoms with Gasteiger partial charge in [-0.25, -0.2) is 0 Å². The molecule has 0 spiro atoms. The van der Waals surface area contributed by atoms with Gasteiger partial charge in [0.15, 0.2) is 5.78 Å². The van der Waals surface area contributed by atoms with Gasteiger partial charge in [-0.2, -0.15) is 0 Å². The van der Waals surface area contributed by atoms with Crippen molar-refractivity contribution in [1.29, 1.82) is 0 Å². The van der Waals surface area contributed by atoms with Gasteiger partial charge in [0.25, 0.3) is 0 Å². The number of piperazine rings is 1. The van der Waals surface area contributed by atoms with E-state index < -0.39 is 0 Å². The van der Waals surface area contributed by atoms with Crippen LogP contribution in [0.5, 0.6) is 0 Å². The number of carbonyl (C=O) groups is 1. The van der Waals surface area contributed by atoms with Gasteiger partial charge in [-0.1, -0.05) is 20.8 Å². The standard InChI is InChI=1S/C18H34N2O2/c1-16(2,3)15(21)13-19-9-11-20(12-10-19)18(7-8-18)14-22-17(4,5)6/h7-14H2,1-6H3. The van der Waals surface area contributed by atoms with Gasteiger partial charge in [-0.3, -0.25) is 14.6 Å². The molecule has 0 N–H and O–H groups in total. The van der Waals surface area contributed by atoms with Gasteiger partial charge < -0.3 is 4.74 Å². The Hall–Kier alpha value is -0.450. The summed E-state index contributed by atoms with van der Waals surface area (Å²) in [5.41, 5.74) is -0.000651. The maximum Gasteiger partial charge on any atom is 0.152 e. The fourth-order valence-corrected chi connectivity index (χ4v) is 2.87. The number of ether oxygens (including phenoxy) is 1.